The van der Waals surface area contributed by atoms with Gasteiger partial charge in [-0.1, -0.05) is 12.1 Å². The number of hydrogen-bond acceptors (Lipinski definition) is 5. The van der Waals surface area contributed by atoms with Gasteiger partial charge in [-0.05, 0) is 48.6 Å². The van der Waals surface area contributed by atoms with E-state index in [9.17, 15) is 9.59 Å². The van der Waals surface area contributed by atoms with Crippen molar-refractivity contribution >= 4 is 11.9 Å². The number of fused-ring (bicyclic) bond motifs is 1. The molecule has 1 aliphatic rings. The number of rotatable bonds is 6. The summed E-state index contributed by atoms with van der Waals surface area (Å²) in [6, 6.07) is 7.85. The Morgan fingerprint density at radius 3 is 2.67 bits per heavy atom. The molecule has 0 spiro atoms. The zero-order chi connectivity index (χ0) is 19.2. The highest BCUT2D eigenvalue weighted by Gasteiger charge is 2.25. The summed E-state index contributed by atoms with van der Waals surface area (Å²) in [5, 5.41) is 0. The predicted molar refractivity (Wildman–Crippen MR) is 101 cm³/mol. The molecule has 0 atom stereocenters. The first kappa shape index (κ1) is 18.9. The maximum atomic E-state index is 12.6. The van der Waals surface area contributed by atoms with Crippen molar-refractivity contribution in [1.82, 2.24) is 9.88 Å². The third kappa shape index (κ3) is 4.45. The molecule has 27 heavy (non-hydrogen) atoms. The van der Waals surface area contributed by atoms with Gasteiger partial charge in [-0.15, -0.1) is 0 Å². The Bertz CT molecular complexity index is 817. The Morgan fingerprint density at radius 1 is 1.19 bits per heavy atom. The highest BCUT2D eigenvalue weighted by molar-refractivity contribution is 5.91. The molecule has 6 heteroatoms. The fourth-order valence-corrected chi connectivity index (χ4v) is 3.32. The van der Waals surface area contributed by atoms with Crippen molar-refractivity contribution in [3.63, 3.8) is 0 Å². The van der Waals surface area contributed by atoms with Crippen molar-refractivity contribution in [1.29, 1.82) is 0 Å². The third-order valence-electron chi connectivity index (χ3n) is 4.76. The molecular weight excluding hydrogens is 344 g/mol. The highest BCUT2D eigenvalue weighted by atomic mass is 16.5. The number of methoxy groups -OCH3 is 1. The number of carbonyl (C=O) groups excluding carboxylic acids is 2. The first-order valence-electron chi connectivity index (χ1n) is 9.16. The second-order valence-corrected chi connectivity index (χ2v) is 6.46. The number of amides is 1. The second kappa shape index (κ2) is 8.66. The molecule has 1 aromatic heterocycles. The van der Waals surface area contributed by atoms with E-state index in [1.54, 1.807) is 6.20 Å². The first-order valence-corrected chi connectivity index (χ1v) is 9.16. The van der Waals surface area contributed by atoms with Gasteiger partial charge >= 0.3 is 5.97 Å². The maximum absolute atomic E-state index is 12.6. The molecule has 0 radical (unpaired) electrons. The zero-order valence-electron chi connectivity index (χ0n) is 15.7. The van der Waals surface area contributed by atoms with Crippen molar-refractivity contribution in [3.8, 4) is 5.75 Å². The number of benzene rings is 1. The molecule has 2 heterocycles. The molecule has 0 N–H and O–H groups in total. The Hall–Kier alpha value is -2.89. The van der Waals surface area contributed by atoms with Gasteiger partial charge < -0.3 is 14.4 Å². The molecule has 1 aliphatic heterocycles. The maximum Gasteiger partial charge on any atom is 0.339 e. The number of aromatic nitrogens is 1. The summed E-state index contributed by atoms with van der Waals surface area (Å²) in [7, 11) is 1.36. The normalized spacial score (nSPS) is 13.0. The summed E-state index contributed by atoms with van der Waals surface area (Å²) in [6.45, 7) is 3.67. The fraction of sp³-hybridized carbons (Fsp3) is 0.381. The molecule has 1 aromatic carbocycles. The minimum absolute atomic E-state index is 0.109. The van der Waals surface area contributed by atoms with Crippen molar-refractivity contribution in [3.05, 3.63) is 58.9 Å². The van der Waals surface area contributed by atoms with E-state index >= 15 is 0 Å². The largest absolute Gasteiger partial charge is 0.494 e. The summed E-state index contributed by atoms with van der Waals surface area (Å²) in [4.78, 5) is 30.4. The monoisotopic (exact) mass is 368 g/mol. The number of pyridine rings is 1. The molecule has 6 nitrogen and oxygen atoms in total. The molecule has 0 bridgehead atoms. The predicted octanol–water partition coefficient (Wildman–Crippen LogP) is 2.78. The molecule has 0 saturated carbocycles. The zero-order valence-corrected chi connectivity index (χ0v) is 15.7. The number of hydrogen-bond donors (Lipinski definition) is 0. The van der Waals surface area contributed by atoms with Gasteiger partial charge in [0, 0.05) is 31.9 Å². The minimum Gasteiger partial charge on any atom is -0.494 e. The minimum atomic E-state index is -0.380. The quantitative estimate of drug-likeness (QED) is 0.734. The number of carbonyl (C=O) groups is 2. The van der Waals surface area contributed by atoms with Gasteiger partial charge in [0.05, 0.1) is 19.3 Å². The molecule has 1 amide bonds. The number of nitrogens with zero attached hydrogens (tertiary/aromatic N) is 2. The number of ether oxygens (including phenoxy) is 2. The van der Waals surface area contributed by atoms with Crippen LogP contribution in [0.5, 0.6) is 5.75 Å². The van der Waals surface area contributed by atoms with E-state index in [4.69, 9.17) is 9.47 Å². The Morgan fingerprint density at radius 2 is 1.96 bits per heavy atom. The average molecular weight is 368 g/mol. The van der Waals surface area contributed by atoms with Crippen molar-refractivity contribution < 1.29 is 19.1 Å². The van der Waals surface area contributed by atoms with Crippen LogP contribution in [0.15, 0.2) is 36.7 Å². The van der Waals surface area contributed by atoms with E-state index in [-0.39, 0.29) is 11.9 Å². The highest BCUT2D eigenvalue weighted by Crippen LogP contribution is 2.23. The van der Waals surface area contributed by atoms with Gasteiger partial charge in [-0.2, -0.15) is 0 Å². The second-order valence-electron chi connectivity index (χ2n) is 6.46. The van der Waals surface area contributed by atoms with Crippen molar-refractivity contribution in [2.45, 2.75) is 32.7 Å². The molecule has 0 fully saturated rings. The summed E-state index contributed by atoms with van der Waals surface area (Å²) >= 11 is 0. The van der Waals surface area contributed by atoms with Crippen LogP contribution in [0, 0.1) is 0 Å². The molecule has 0 aliphatic carbocycles. The summed E-state index contributed by atoms with van der Waals surface area (Å²) in [6.07, 6.45) is 5.04. The van der Waals surface area contributed by atoms with Crippen LogP contribution in [-0.2, 0) is 28.9 Å². The van der Waals surface area contributed by atoms with Crippen molar-refractivity contribution in [2.75, 3.05) is 20.3 Å². The van der Waals surface area contributed by atoms with E-state index < -0.39 is 0 Å². The first-order chi connectivity index (χ1) is 13.1. The SMILES string of the molecule is CCOc1ccc(CCC(=O)N2CCc3c(cncc3C(=O)OC)C2)cc1. The molecular formula is C21H24N2O4. The lowest BCUT2D eigenvalue weighted by molar-refractivity contribution is -0.132. The Kier molecular flexibility index (Phi) is 6.06. The van der Waals surface area contributed by atoms with Crippen LogP contribution in [-0.4, -0.2) is 42.0 Å². The van der Waals surface area contributed by atoms with E-state index in [1.807, 2.05) is 36.1 Å². The van der Waals surface area contributed by atoms with Gasteiger partial charge in [0.1, 0.15) is 5.75 Å². The lowest BCUT2D eigenvalue weighted by Gasteiger charge is -2.29. The van der Waals surface area contributed by atoms with Crippen LogP contribution >= 0.6 is 0 Å². The van der Waals surface area contributed by atoms with Crippen LogP contribution in [0.4, 0.5) is 0 Å². The van der Waals surface area contributed by atoms with Gasteiger partial charge in [0.15, 0.2) is 0 Å². The lowest BCUT2D eigenvalue weighted by atomic mass is 9.96. The van der Waals surface area contributed by atoms with Gasteiger partial charge in [0.2, 0.25) is 5.91 Å². The molecule has 0 unspecified atom stereocenters. The van der Waals surface area contributed by atoms with Gasteiger partial charge in [0.25, 0.3) is 0 Å². The molecule has 0 saturated heterocycles. The molecule has 142 valence electrons. The van der Waals surface area contributed by atoms with E-state index in [0.29, 0.717) is 44.5 Å². The topological polar surface area (TPSA) is 68.7 Å². The summed E-state index contributed by atoms with van der Waals surface area (Å²) < 4.78 is 10.3. The van der Waals surface area contributed by atoms with Gasteiger partial charge in [-0.3, -0.25) is 9.78 Å². The van der Waals surface area contributed by atoms with Gasteiger partial charge in [-0.25, -0.2) is 4.79 Å². The van der Waals surface area contributed by atoms with Crippen LogP contribution in [0.3, 0.4) is 0 Å². The Balaban J connectivity index is 1.60. The van der Waals surface area contributed by atoms with Crippen LogP contribution < -0.4 is 4.74 Å². The van der Waals surface area contributed by atoms with Crippen LogP contribution in [0.1, 0.15) is 40.4 Å². The van der Waals surface area contributed by atoms with E-state index in [2.05, 4.69) is 4.98 Å². The fourth-order valence-electron chi connectivity index (χ4n) is 3.32. The van der Waals surface area contributed by atoms with Crippen LogP contribution in [0.2, 0.25) is 0 Å². The lowest BCUT2D eigenvalue weighted by Crippen LogP contribution is -2.36. The van der Waals surface area contributed by atoms with Crippen LogP contribution in [0.25, 0.3) is 0 Å². The molecule has 2 aromatic rings. The summed E-state index contributed by atoms with van der Waals surface area (Å²) in [5.74, 6) is 0.571. The molecule has 3 rings (SSSR count). The number of aryl methyl sites for hydroxylation is 1. The number of esters is 1. The van der Waals surface area contributed by atoms with E-state index in [1.165, 1.54) is 13.3 Å². The average Bonchev–Trinajstić information content (AvgIpc) is 2.71. The smallest absolute Gasteiger partial charge is 0.339 e. The Labute approximate surface area is 159 Å². The van der Waals surface area contributed by atoms with Crippen molar-refractivity contribution in [2.24, 2.45) is 0 Å². The summed E-state index contributed by atoms with van der Waals surface area (Å²) in [5.41, 5.74) is 3.46. The standard InChI is InChI=1S/C21H24N2O4/c1-3-27-17-7-4-15(5-8-17)6-9-20(24)23-11-10-18-16(14-23)12-22-13-19(18)21(25)26-2/h4-5,7-8,12-13H,3,6,9-11,14H2,1-2H3. The third-order valence-corrected chi connectivity index (χ3v) is 4.76. The van der Waals surface area contributed by atoms with E-state index in [0.717, 1.165) is 22.4 Å².